The van der Waals surface area contributed by atoms with Gasteiger partial charge >= 0.3 is 0 Å². The van der Waals surface area contributed by atoms with E-state index in [4.69, 9.17) is 0 Å². The summed E-state index contributed by atoms with van der Waals surface area (Å²) >= 11 is 0. The zero-order valence-corrected chi connectivity index (χ0v) is 13.4. The van der Waals surface area contributed by atoms with E-state index in [-0.39, 0.29) is 0 Å². The highest BCUT2D eigenvalue weighted by Crippen LogP contribution is 2.29. The molecule has 21 heavy (non-hydrogen) atoms. The predicted molar refractivity (Wildman–Crippen MR) is 91.8 cm³/mol. The van der Waals surface area contributed by atoms with Crippen molar-refractivity contribution in [1.82, 2.24) is 10.2 Å². The summed E-state index contributed by atoms with van der Waals surface area (Å²) in [5.41, 5.74) is 5.22. The maximum Gasteiger partial charge on any atom is 0.0491 e. The van der Waals surface area contributed by atoms with Gasteiger partial charge in [0.25, 0.3) is 0 Å². The SMILES string of the molecule is CCCCNC1=CC=CCC1=C(c1ccccc1)N(C)C. The Morgan fingerprint density at radius 1 is 1.19 bits per heavy atom. The van der Waals surface area contributed by atoms with Gasteiger partial charge in [-0.1, -0.05) is 55.8 Å². The van der Waals surface area contributed by atoms with Gasteiger partial charge in [-0.25, -0.2) is 0 Å². The average Bonchev–Trinajstić information content (AvgIpc) is 2.50. The smallest absolute Gasteiger partial charge is 0.0491 e. The van der Waals surface area contributed by atoms with Gasteiger partial charge in [-0.2, -0.15) is 0 Å². The zero-order chi connectivity index (χ0) is 15.1. The Hall–Kier alpha value is -1.96. The largest absolute Gasteiger partial charge is 0.385 e. The first kappa shape index (κ1) is 15.4. The molecule has 1 aliphatic carbocycles. The molecule has 1 aromatic rings. The van der Waals surface area contributed by atoms with Crippen LogP contribution < -0.4 is 5.32 Å². The van der Waals surface area contributed by atoms with Crippen LogP contribution in [0.1, 0.15) is 31.7 Å². The molecule has 0 saturated heterocycles. The number of allylic oxidation sites excluding steroid dienone is 4. The highest BCUT2D eigenvalue weighted by molar-refractivity contribution is 5.71. The molecule has 2 nitrogen and oxygen atoms in total. The number of hydrogen-bond donors (Lipinski definition) is 1. The monoisotopic (exact) mass is 282 g/mol. The summed E-state index contributed by atoms with van der Waals surface area (Å²) in [6.45, 7) is 3.26. The highest BCUT2D eigenvalue weighted by Gasteiger charge is 2.15. The molecule has 0 radical (unpaired) electrons. The summed E-state index contributed by atoms with van der Waals surface area (Å²) in [6, 6.07) is 10.6. The Balaban J connectivity index is 2.36. The first-order valence-corrected chi connectivity index (χ1v) is 7.81. The lowest BCUT2D eigenvalue weighted by molar-refractivity contribution is 0.584. The van der Waals surface area contributed by atoms with Gasteiger partial charge in [0.2, 0.25) is 0 Å². The summed E-state index contributed by atoms with van der Waals surface area (Å²) in [6.07, 6.45) is 9.97. The number of rotatable bonds is 6. The van der Waals surface area contributed by atoms with Gasteiger partial charge in [-0.3, -0.25) is 0 Å². The molecule has 1 aliphatic rings. The molecular formula is C19H26N2. The van der Waals surface area contributed by atoms with E-state index in [0.29, 0.717) is 0 Å². The lowest BCUT2D eigenvalue weighted by Gasteiger charge is -2.25. The first-order valence-electron chi connectivity index (χ1n) is 7.81. The van der Waals surface area contributed by atoms with Gasteiger partial charge in [0.15, 0.2) is 0 Å². The summed E-state index contributed by atoms with van der Waals surface area (Å²) in [5, 5.41) is 3.60. The fourth-order valence-corrected chi connectivity index (χ4v) is 2.65. The fraction of sp³-hybridized carbons (Fsp3) is 0.368. The van der Waals surface area contributed by atoms with E-state index in [9.17, 15) is 0 Å². The maximum absolute atomic E-state index is 3.60. The molecule has 0 heterocycles. The second-order valence-electron chi connectivity index (χ2n) is 5.58. The van der Waals surface area contributed by atoms with Crippen molar-refractivity contribution in [2.75, 3.05) is 20.6 Å². The predicted octanol–water partition coefficient (Wildman–Crippen LogP) is 4.19. The molecule has 0 fully saturated rings. The lowest BCUT2D eigenvalue weighted by Crippen LogP contribution is -2.21. The van der Waals surface area contributed by atoms with Crippen LogP contribution >= 0.6 is 0 Å². The third-order valence-electron chi connectivity index (χ3n) is 3.67. The number of nitrogens with zero attached hydrogens (tertiary/aromatic N) is 1. The number of benzene rings is 1. The minimum Gasteiger partial charge on any atom is -0.385 e. The van der Waals surface area contributed by atoms with Crippen molar-refractivity contribution in [1.29, 1.82) is 0 Å². The van der Waals surface area contributed by atoms with E-state index in [1.165, 1.54) is 35.4 Å². The van der Waals surface area contributed by atoms with Crippen LogP contribution in [0, 0.1) is 0 Å². The van der Waals surface area contributed by atoms with Crippen LogP contribution in [0.3, 0.4) is 0 Å². The van der Waals surface area contributed by atoms with Gasteiger partial charge in [0, 0.05) is 37.6 Å². The second-order valence-corrected chi connectivity index (χ2v) is 5.58. The Morgan fingerprint density at radius 2 is 1.95 bits per heavy atom. The van der Waals surface area contributed by atoms with E-state index >= 15 is 0 Å². The van der Waals surface area contributed by atoms with Gasteiger partial charge in [-0.05, 0) is 24.5 Å². The van der Waals surface area contributed by atoms with Crippen LogP contribution in [0.4, 0.5) is 0 Å². The summed E-state index contributed by atoms with van der Waals surface area (Å²) in [7, 11) is 4.24. The summed E-state index contributed by atoms with van der Waals surface area (Å²) in [5.74, 6) is 0. The number of hydrogen-bond acceptors (Lipinski definition) is 2. The normalized spacial score (nSPS) is 16.4. The van der Waals surface area contributed by atoms with Crippen molar-refractivity contribution in [3.05, 3.63) is 65.4 Å². The molecule has 1 N–H and O–H groups in total. The van der Waals surface area contributed by atoms with Crippen molar-refractivity contribution >= 4 is 5.70 Å². The standard InChI is InChI=1S/C19H26N2/c1-4-5-15-20-18-14-10-9-13-17(18)19(21(2)3)16-11-7-6-8-12-16/h6-12,14,20H,4-5,13,15H2,1-3H3. The Morgan fingerprint density at radius 3 is 2.62 bits per heavy atom. The molecule has 0 unspecified atom stereocenters. The van der Waals surface area contributed by atoms with Crippen molar-refractivity contribution in [3.63, 3.8) is 0 Å². The van der Waals surface area contributed by atoms with Crippen molar-refractivity contribution in [3.8, 4) is 0 Å². The van der Waals surface area contributed by atoms with E-state index in [0.717, 1.165) is 13.0 Å². The average molecular weight is 282 g/mol. The molecule has 0 aromatic heterocycles. The van der Waals surface area contributed by atoms with Crippen molar-refractivity contribution in [2.24, 2.45) is 0 Å². The molecule has 0 bridgehead atoms. The van der Waals surface area contributed by atoms with Crippen LogP contribution in [0.5, 0.6) is 0 Å². The van der Waals surface area contributed by atoms with E-state index in [1.807, 2.05) is 0 Å². The Bertz CT molecular complexity index is 536. The van der Waals surface area contributed by atoms with Crippen LogP contribution in [0.2, 0.25) is 0 Å². The van der Waals surface area contributed by atoms with Gasteiger partial charge in [0.05, 0.1) is 0 Å². The van der Waals surface area contributed by atoms with Crippen LogP contribution in [0.15, 0.2) is 59.8 Å². The molecular weight excluding hydrogens is 256 g/mol. The third kappa shape index (κ3) is 4.01. The fourth-order valence-electron chi connectivity index (χ4n) is 2.65. The molecule has 1 aromatic carbocycles. The third-order valence-corrected chi connectivity index (χ3v) is 3.67. The molecule has 112 valence electrons. The number of unbranched alkanes of at least 4 members (excludes halogenated alkanes) is 1. The maximum atomic E-state index is 3.60. The minimum absolute atomic E-state index is 0.980. The van der Waals surface area contributed by atoms with Crippen LogP contribution in [0.25, 0.3) is 5.70 Å². The van der Waals surface area contributed by atoms with Gasteiger partial charge < -0.3 is 10.2 Å². The van der Waals surface area contributed by atoms with Crippen LogP contribution in [-0.2, 0) is 0 Å². The van der Waals surface area contributed by atoms with Gasteiger partial charge in [0.1, 0.15) is 0 Å². The Kier molecular flexibility index (Phi) is 5.68. The highest BCUT2D eigenvalue weighted by atomic mass is 15.1. The number of nitrogens with one attached hydrogen (secondary N) is 1. The molecule has 2 rings (SSSR count). The summed E-state index contributed by atoms with van der Waals surface area (Å²) in [4.78, 5) is 2.22. The van der Waals surface area contributed by atoms with Crippen molar-refractivity contribution < 1.29 is 0 Å². The lowest BCUT2D eigenvalue weighted by atomic mass is 9.96. The van der Waals surface area contributed by atoms with Crippen LogP contribution in [-0.4, -0.2) is 25.5 Å². The van der Waals surface area contributed by atoms with Gasteiger partial charge in [-0.15, -0.1) is 0 Å². The van der Waals surface area contributed by atoms with E-state index < -0.39 is 0 Å². The van der Waals surface area contributed by atoms with E-state index in [2.05, 4.69) is 79.8 Å². The molecule has 0 saturated carbocycles. The molecule has 0 aliphatic heterocycles. The van der Waals surface area contributed by atoms with Crippen molar-refractivity contribution in [2.45, 2.75) is 26.2 Å². The zero-order valence-electron chi connectivity index (χ0n) is 13.4. The molecule has 2 heteroatoms. The first-order chi connectivity index (χ1) is 10.2. The second kappa shape index (κ2) is 7.72. The molecule has 0 spiro atoms. The topological polar surface area (TPSA) is 15.3 Å². The Labute approximate surface area is 128 Å². The summed E-state index contributed by atoms with van der Waals surface area (Å²) < 4.78 is 0. The quantitative estimate of drug-likeness (QED) is 0.787. The minimum atomic E-state index is 0.980. The molecule has 0 amide bonds. The van der Waals surface area contributed by atoms with E-state index in [1.54, 1.807) is 0 Å². The molecule has 0 atom stereocenters.